The lowest BCUT2D eigenvalue weighted by Crippen LogP contribution is -2.47. The number of sulfonamides is 1. The largest absolute Gasteiger partial charge is 0.381 e. The fraction of sp³-hybridized carbons (Fsp3) is 1.00. The minimum atomic E-state index is -3.16. The average molecular weight is 306 g/mol. The fourth-order valence-electron chi connectivity index (χ4n) is 2.61. The summed E-state index contributed by atoms with van der Waals surface area (Å²) in [7, 11) is -3.16. The Morgan fingerprint density at radius 3 is 2.80 bits per heavy atom. The van der Waals surface area contributed by atoms with E-state index in [4.69, 9.17) is 4.74 Å². The van der Waals surface area contributed by atoms with Crippen LogP contribution in [-0.2, 0) is 14.8 Å². The van der Waals surface area contributed by atoms with Crippen molar-refractivity contribution in [2.75, 3.05) is 38.6 Å². The standard InChI is InChI=1S/C14H30N2O3S/c1-4-8-15-13(3)14-7-6-9-16(12-14)20(17,18)11-10-19-5-2/h13-15H,4-12H2,1-3H3. The fourth-order valence-corrected chi connectivity index (χ4v) is 4.02. The molecule has 0 aliphatic carbocycles. The Kier molecular flexibility index (Phi) is 8.02. The number of nitrogens with one attached hydrogen (secondary N) is 1. The van der Waals surface area contributed by atoms with E-state index in [1.54, 1.807) is 4.31 Å². The second kappa shape index (κ2) is 8.97. The number of hydrogen-bond donors (Lipinski definition) is 1. The number of nitrogens with zero attached hydrogens (tertiary/aromatic N) is 1. The quantitative estimate of drug-likeness (QED) is 0.655. The summed E-state index contributed by atoms with van der Waals surface area (Å²) in [6.07, 6.45) is 3.17. The predicted octanol–water partition coefficient (Wildman–Crippen LogP) is 1.45. The first-order chi connectivity index (χ1) is 9.51. The van der Waals surface area contributed by atoms with Crippen molar-refractivity contribution in [2.45, 2.75) is 46.1 Å². The molecule has 0 amide bonds. The van der Waals surface area contributed by atoms with Gasteiger partial charge in [-0.15, -0.1) is 0 Å². The van der Waals surface area contributed by atoms with Crippen molar-refractivity contribution in [3.63, 3.8) is 0 Å². The zero-order chi connectivity index (χ0) is 15.0. The minimum Gasteiger partial charge on any atom is -0.381 e. The SMILES string of the molecule is CCCNC(C)C1CCCN(S(=O)(=O)CCOCC)C1. The van der Waals surface area contributed by atoms with E-state index in [0.29, 0.717) is 38.3 Å². The lowest BCUT2D eigenvalue weighted by Gasteiger charge is -2.35. The summed E-state index contributed by atoms with van der Waals surface area (Å²) in [6, 6.07) is 0.375. The molecule has 2 unspecified atom stereocenters. The van der Waals surface area contributed by atoms with Crippen LogP contribution in [0.25, 0.3) is 0 Å². The third-order valence-corrected chi connectivity index (χ3v) is 5.73. The summed E-state index contributed by atoms with van der Waals surface area (Å²) in [5, 5.41) is 3.48. The molecule has 0 radical (unpaired) electrons. The van der Waals surface area contributed by atoms with Crippen molar-refractivity contribution in [1.29, 1.82) is 0 Å². The molecule has 1 heterocycles. The van der Waals surface area contributed by atoms with Crippen molar-refractivity contribution in [2.24, 2.45) is 5.92 Å². The van der Waals surface area contributed by atoms with Crippen molar-refractivity contribution in [1.82, 2.24) is 9.62 Å². The molecule has 0 bridgehead atoms. The van der Waals surface area contributed by atoms with E-state index in [1.807, 2.05) is 6.92 Å². The van der Waals surface area contributed by atoms with Crippen molar-refractivity contribution < 1.29 is 13.2 Å². The van der Waals surface area contributed by atoms with Gasteiger partial charge in [0.15, 0.2) is 0 Å². The normalized spacial score (nSPS) is 22.9. The lowest BCUT2D eigenvalue weighted by molar-refractivity contribution is 0.161. The van der Waals surface area contributed by atoms with Crippen LogP contribution < -0.4 is 5.32 Å². The van der Waals surface area contributed by atoms with Crippen LogP contribution in [0, 0.1) is 5.92 Å². The summed E-state index contributed by atoms with van der Waals surface area (Å²) in [5.74, 6) is 0.516. The van der Waals surface area contributed by atoms with E-state index in [9.17, 15) is 8.42 Å². The molecule has 1 N–H and O–H groups in total. The van der Waals surface area contributed by atoms with Gasteiger partial charge in [0.25, 0.3) is 0 Å². The summed E-state index contributed by atoms with van der Waals surface area (Å²) >= 11 is 0. The molecule has 1 aliphatic rings. The highest BCUT2D eigenvalue weighted by Gasteiger charge is 2.30. The van der Waals surface area contributed by atoms with Gasteiger partial charge in [-0.3, -0.25) is 0 Å². The highest BCUT2D eigenvalue weighted by molar-refractivity contribution is 7.89. The van der Waals surface area contributed by atoms with Crippen LogP contribution in [0.1, 0.15) is 40.0 Å². The first-order valence-electron chi connectivity index (χ1n) is 7.80. The zero-order valence-electron chi connectivity index (χ0n) is 13.1. The Morgan fingerprint density at radius 2 is 2.15 bits per heavy atom. The maximum absolute atomic E-state index is 12.3. The molecule has 0 aromatic heterocycles. The molecule has 0 aromatic rings. The summed E-state index contributed by atoms with van der Waals surface area (Å²) in [5.41, 5.74) is 0. The molecular weight excluding hydrogens is 276 g/mol. The van der Waals surface area contributed by atoms with Crippen LogP contribution >= 0.6 is 0 Å². The van der Waals surface area contributed by atoms with Gasteiger partial charge in [-0.25, -0.2) is 12.7 Å². The second-order valence-corrected chi connectivity index (χ2v) is 7.60. The van der Waals surface area contributed by atoms with Gasteiger partial charge in [0.05, 0.1) is 12.4 Å². The Morgan fingerprint density at radius 1 is 1.40 bits per heavy atom. The molecule has 1 fully saturated rings. The lowest BCUT2D eigenvalue weighted by atomic mass is 9.93. The maximum Gasteiger partial charge on any atom is 0.216 e. The third-order valence-electron chi connectivity index (χ3n) is 3.93. The number of hydrogen-bond acceptors (Lipinski definition) is 4. The van der Waals surface area contributed by atoms with Crippen molar-refractivity contribution >= 4 is 10.0 Å². The van der Waals surface area contributed by atoms with Gasteiger partial charge in [-0.05, 0) is 45.6 Å². The Labute approximate surface area is 124 Å². The van der Waals surface area contributed by atoms with Crippen LogP contribution in [-0.4, -0.2) is 57.4 Å². The topological polar surface area (TPSA) is 58.6 Å². The van der Waals surface area contributed by atoms with Crippen molar-refractivity contribution in [3.05, 3.63) is 0 Å². The molecule has 0 saturated carbocycles. The molecule has 2 atom stereocenters. The molecule has 1 saturated heterocycles. The van der Waals surface area contributed by atoms with Crippen LogP contribution in [0.3, 0.4) is 0 Å². The van der Waals surface area contributed by atoms with E-state index >= 15 is 0 Å². The minimum absolute atomic E-state index is 0.102. The Balaban J connectivity index is 2.50. The molecule has 1 aliphatic heterocycles. The molecular formula is C14H30N2O3S. The highest BCUT2D eigenvalue weighted by atomic mass is 32.2. The average Bonchev–Trinajstić information content (AvgIpc) is 2.45. The first-order valence-corrected chi connectivity index (χ1v) is 9.41. The predicted molar refractivity (Wildman–Crippen MR) is 82.3 cm³/mol. The van der Waals surface area contributed by atoms with E-state index in [-0.39, 0.29) is 5.75 Å². The van der Waals surface area contributed by atoms with Gasteiger partial charge in [-0.1, -0.05) is 6.92 Å². The van der Waals surface area contributed by atoms with Gasteiger partial charge in [0, 0.05) is 25.7 Å². The molecule has 6 heteroatoms. The van der Waals surface area contributed by atoms with Gasteiger partial charge in [-0.2, -0.15) is 0 Å². The smallest absolute Gasteiger partial charge is 0.216 e. The van der Waals surface area contributed by atoms with Gasteiger partial charge in [0.2, 0.25) is 10.0 Å². The third kappa shape index (κ3) is 5.68. The number of piperidine rings is 1. The molecule has 120 valence electrons. The first kappa shape index (κ1) is 17.9. The van der Waals surface area contributed by atoms with Crippen LogP contribution in [0.15, 0.2) is 0 Å². The molecule has 0 spiro atoms. The van der Waals surface area contributed by atoms with Gasteiger partial charge in [0.1, 0.15) is 0 Å². The molecule has 1 rings (SSSR count). The molecule has 20 heavy (non-hydrogen) atoms. The van der Waals surface area contributed by atoms with Crippen LogP contribution in [0.4, 0.5) is 0 Å². The summed E-state index contributed by atoms with van der Waals surface area (Å²) in [6.45, 7) is 9.35. The Hall–Kier alpha value is -0.170. The summed E-state index contributed by atoms with van der Waals surface area (Å²) in [4.78, 5) is 0. The van der Waals surface area contributed by atoms with Crippen molar-refractivity contribution in [3.8, 4) is 0 Å². The Bertz CT molecular complexity index is 359. The molecule has 0 aromatic carbocycles. The second-order valence-electron chi connectivity index (χ2n) is 5.52. The van der Waals surface area contributed by atoms with E-state index in [1.165, 1.54) is 0 Å². The zero-order valence-corrected chi connectivity index (χ0v) is 13.9. The number of rotatable bonds is 9. The monoisotopic (exact) mass is 306 g/mol. The van der Waals surface area contributed by atoms with E-state index in [2.05, 4.69) is 19.2 Å². The van der Waals surface area contributed by atoms with Crippen LogP contribution in [0.5, 0.6) is 0 Å². The number of ether oxygens (including phenoxy) is 1. The maximum atomic E-state index is 12.3. The summed E-state index contributed by atoms with van der Waals surface area (Å²) < 4.78 is 31.4. The van der Waals surface area contributed by atoms with Crippen LogP contribution in [0.2, 0.25) is 0 Å². The van der Waals surface area contributed by atoms with Gasteiger partial charge >= 0.3 is 0 Å². The van der Waals surface area contributed by atoms with E-state index < -0.39 is 10.0 Å². The van der Waals surface area contributed by atoms with E-state index in [0.717, 1.165) is 25.8 Å². The molecule has 5 nitrogen and oxygen atoms in total. The van der Waals surface area contributed by atoms with Gasteiger partial charge < -0.3 is 10.1 Å². The highest BCUT2D eigenvalue weighted by Crippen LogP contribution is 2.22.